The van der Waals surface area contributed by atoms with Gasteiger partial charge in [0.25, 0.3) is 0 Å². The number of likely N-dealkylation sites (N-methyl/N-ethyl adjacent to an activating group) is 1. The summed E-state index contributed by atoms with van der Waals surface area (Å²) in [6.45, 7) is 4.11. The maximum atomic E-state index is 4.59. The Labute approximate surface area is 116 Å². The number of rotatable bonds is 7. The average molecular weight is 262 g/mol. The molecule has 4 heteroatoms. The van der Waals surface area contributed by atoms with Crippen LogP contribution in [0.4, 0.5) is 11.6 Å². The van der Waals surface area contributed by atoms with E-state index in [9.17, 15) is 0 Å². The maximum Gasteiger partial charge on any atom is 0.128 e. The highest BCUT2D eigenvalue weighted by molar-refractivity contribution is 5.45. The lowest BCUT2D eigenvalue weighted by atomic mass is 9.75. The first-order valence-corrected chi connectivity index (χ1v) is 7.28. The highest BCUT2D eigenvalue weighted by atomic mass is 15.2. The van der Waals surface area contributed by atoms with E-state index in [-0.39, 0.29) is 0 Å². The van der Waals surface area contributed by atoms with Gasteiger partial charge in [-0.2, -0.15) is 0 Å². The second-order valence-corrected chi connectivity index (χ2v) is 5.66. The molecule has 1 aromatic heterocycles. The first-order valence-electron chi connectivity index (χ1n) is 7.28. The Morgan fingerprint density at radius 3 is 2.42 bits per heavy atom. The lowest BCUT2D eigenvalue weighted by molar-refractivity contribution is 0.0738. The van der Waals surface area contributed by atoms with Gasteiger partial charge in [0.2, 0.25) is 0 Å². The molecular weight excluding hydrogens is 236 g/mol. The highest BCUT2D eigenvalue weighted by Gasteiger charge is 2.38. The molecule has 1 fully saturated rings. The van der Waals surface area contributed by atoms with Crippen molar-refractivity contribution in [3.63, 3.8) is 0 Å². The van der Waals surface area contributed by atoms with Crippen LogP contribution in [0.2, 0.25) is 0 Å². The number of aromatic nitrogens is 1. The third-order valence-electron chi connectivity index (χ3n) is 4.14. The number of anilines is 2. The van der Waals surface area contributed by atoms with E-state index in [1.165, 1.54) is 19.3 Å². The van der Waals surface area contributed by atoms with Crippen molar-refractivity contribution in [1.82, 2.24) is 9.88 Å². The molecule has 4 nitrogen and oxygen atoms in total. The first-order chi connectivity index (χ1) is 9.16. The van der Waals surface area contributed by atoms with Gasteiger partial charge in [-0.3, -0.25) is 0 Å². The van der Waals surface area contributed by atoms with Crippen molar-refractivity contribution < 1.29 is 0 Å². The molecule has 106 valence electrons. The van der Waals surface area contributed by atoms with Crippen molar-refractivity contribution in [2.45, 2.75) is 38.1 Å². The summed E-state index contributed by atoms with van der Waals surface area (Å²) in [5, 5.41) is 6.81. The van der Waals surface area contributed by atoms with Crippen LogP contribution in [0.15, 0.2) is 18.2 Å². The average Bonchev–Trinajstić information content (AvgIpc) is 2.35. The van der Waals surface area contributed by atoms with Gasteiger partial charge in [-0.1, -0.05) is 13.0 Å². The lowest BCUT2D eigenvalue weighted by Gasteiger charge is -2.47. The Hall–Kier alpha value is -1.29. The van der Waals surface area contributed by atoms with Crippen LogP contribution < -0.4 is 10.6 Å². The van der Waals surface area contributed by atoms with Crippen molar-refractivity contribution in [3.05, 3.63) is 18.2 Å². The molecule has 1 aromatic rings. The predicted octanol–water partition coefficient (Wildman–Crippen LogP) is 2.80. The number of nitrogens with zero attached hydrogens (tertiary/aromatic N) is 2. The van der Waals surface area contributed by atoms with E-state index >= 15 is 0 Å². The molecule has 0 spiro atoms. The van der Waals surface area contributed by atoms with E-state index in [2.05, 4.69) is 47.6 Å². The molecule has 1 aliphatic carbocycles. The van der Waals surface area contributed by atoms with Gasteiger partial charge in [0, 0.05) is 18.6 Å². The molecule has 0 radical (unpaired) electrons. The monoisotopic (exact) mass is 262 g/mol. The van der Waals surface area contributed by atoms with Gasteiger partial charge in [0.15, 0.2) is 0 Å². The quantitative estimate of drug-likeness (QED) is 0.793. The molecule has 2 rings (SSSR count). The van der Waals surface area contributed by atoms with Crippen LogP contribution in [0, 0.1) is 0 Å². The Morgan fingerprint density at radius 2 is 1.89 bits per heavy atom. The van der Waals surface area contributed by atoms with Gasteiger partial charge in [0.05, 0.1) is 0 Å². The molecular formula is C15H26N4. The van der Waals surface area contributed by atoms with Crippen LogP contribution in [0.3, 0.4) is 0 Å². The molecule has 19 heavy (non-hydrogen) atoms. The molecule has 0 aliphatic heterocycles. The number of hydrogen-bond donors (Lipinski definition) is 2. The summed E-state index contributed by atoms with van der Waals surface area (Å²) in [4.78, 5) is 6.94. The maximum absolute atomic E-state index is 4.59. The molecule has 2 N–H and O–H groups in total. The van der Waals surface area contributed by atoms with Gasteiger partial charge < -0.3 is 15.5 Å². The Balaban J connectivity index is 1.92. The predicted molar refractivity (Wildman–Crippen MR) is 81.8 cm³/mol. The van der Waals surface area contributed by atoms with Crippen molar-refractivity contribution >= 4 is 11.6 Å². The van der Waals surface area contributed by atoms with E-state index in [1.807, 2.05) is 12.1 Å². The molecule has 1 aliphatic rings. The fourth-order valence-electron chi connectivity index (χ4n) is 2.51. The Morgan fingerprint density at radius 1 is 1.21 bits per heavy atom. The van der Waals surface area contributed by atoms with Crippen LogP contribution in [-0.2, 0) is 0 Å². The fraction of sp³-hybridized carbons (Fsp3) is 0.667. The number of pyridine rings is 1. The minimum Gasteiger partial charge on any atom is -0.370 e. The highest BCUT2D eigenvalue weighted by Crippen LogP contribution is 2.36. The van der Waals surface area contributed by atoms with Gasteiger partial charge >= 0.3 is 0 Å². The largest absolute Gasteiger partial charge is 0.370 e. The van der Waals surface area contributed by atoms with E-state index in [4.69, 9.17) is 0 Å². The third-order valence-corrected chi connectivity index (χ3v) is 4.14. The molecule has 0 amide bonds. The minimum absolute atomic E-state index is 0.328. The Bertz CT molecular complexity index is 399. The zero-order valence-corrected chi connectivity index (χ0v) is 12.4. The van der Waals surface area contributed by atoms with Crippen LogP contribution in [0.1, 0.15) is 32.6 Å². The van der Waals surface area contributed by atoms with Crippen LogP contribution >= 0.6 is 0 Å². The fourth-order valence-corrected chi connectivity index (χ4v) is 2.51. The van der Waals surface area contributed by atoms with Gasteiger partial charge in [-0.15, -0.1) is 0 Å². The Kier molecular flexibility index (Phi) is 4.64. The third kappa shape index (κ3) is 3.38. The van der Waals surface area contributed by atoms with Crippen molar-refractivity contribution in [2.75, 3.05) is 37.8 Å². The van der Waals surface area contributed by atoms with Gasteiger partial charge in [-0.25, -0.2) is 4.98 Å². The molecule has 1 saturated carbocycles. The first kappa shape index (κ1) is 14.1. The van der Waals surface area contributed by atoms with E-state index < -0.39 is 0 Å². The summed E-state index contributed by atoms with van der Waals surface area (Å²) in [5.41, 5.74) is 0.328. The smallest absolute Gasteiger partial charge is 0.128 e. The van der Waals surface area contributed by atoms with Gasteiger partial charge in [-0.05, 0) is 51.9 Å². The molecule has 0 atom stereocenters. The minimum atomic E-state index is 0.328. The summed E-state index contributed by atoms with van der Waals surface area (Å²) in [6.07, 6.45) is 5.01. The van der Waals surface area contributed by atoms with Gasteiger partial charge in [0.1, 0.15) is 11.6 Å². The summed E-state index contributed by atoms with van der Waals surface area (Å²) in [5.74, 6) is 1.92. The molecule has 0 unspecified atom stereocenters. The van der Waals surface area contributed by atoms with E-state index in [0.29, 0.717) is 5.54 Å². The van der Waals surface area contributed by atoms with Crippen molar-refractivity contribution in [1.29, 1.82) is 0 Å². The normalized spacial score (nSPS) is 17.1. The summed E-state index contributed by atoms with van der Waals surface area (Å²) < 4.78 is 0. The van der Waals surface area contributed by atoms with Crippen molar-refractivity contribution in [3.8, 4) is 0 Å². The SMILES string of the molecule is CCCNc1cccc(NCC2(N(C)C)CCC2)n1. The molecule has 0 saturated heterocycles. The zero-order valence-electron chi connectivity index (χ0n) is 12.4. The molecule has 0 aromatic carbocycles. The number of nitrogens with one attached hydrogen (secondary N) is 2. The van der Waals surface area contributed by atoms with Crippen LogP contribution in [0.25, 0.3) is 0 Å². The second kappa shape index (κ2) is 6.24. The lowest BCUT2D eigenvalue weighted by Crippen LogP contribution is -2.54. The standard InChI is InChI=1S/C15H26N4/c1-4-11-16-13-7-5-8-14(18-13)17-12-15(19(2)3)9-6-10-15/h5,7-8H,4,6,9-12H2,1-3H3,(H2,16,17,18). The number of hydrogen-bond acceptors (Lipinski definition) is 4. The summed E-state index contributed by atoms with van der Waals surface area (Å²) in [7, 11) is 4.35. The topological polar surface area (TPSA) is 40.2 Å². The molecule has 0 bridgehead atoms. The summed E-state index contributed by atoms with van der Waals surface area (Å²) >= 11 is 0. The van der Waals surface area contributed by atoms with Crippen molar-refractivity contribution in [2.24, 2.45) is 0 Å². The van der Waals surface area contributed by atoms with E-state index in [0.717, 1.165) is 31.1 Å². The van der Waals surface area contributed by atoms with Crippen LogP contribution in [-0.4, -0.2) is 42.6 Å². The summed E-state index contributed by atoms with van der Waals surface area (Å²) in [6, 6.07) is 6.11. The zero-order chi connectivity index (χ0) is 13.7. The molecule has 1 heterocycles. The van der Waals surface area contributed by atoms with E-state index in [1.54, 1.807) is 0 Å². The second-order valence-electron chi connectivity index (χ2n) is 5.66. The van der Waals surface area contributed by atoms with Crippen LogP contribution in [0.5, 0.6) is 0 Å².